The highest BCUT2D eigenvalue weighted by molar-refractivity contribution is 6.31. The van der Waals surface area contributed by atoms with Crippen molar-refractivity contribution in [1.82, 2.24) is 0 Å². The van der Waals surface area contributed by atoms with Crippen LogP contribution in [0.1, 0.15) is 45.5 Å². The fraction of sp³-hybridized carbons (Fsp3) is 0.172. The third-order valence-corrected chi connectivity index (χ3v) is 7.87. The molecule has 3 atom stereocenters. The van der Waals surface area contributed by atoms with Crippen molar-refractivity contribution in [2.75, 3.05) is 0 Å². The van der Waals surface area contributed by atoms with E-state index in [-0.39, 0.29) is 17.8 Å². The molecular formula is C29H19ClO6. The summed E-state index contributed by atoms with van der Waals surface area (Å²) in [6.45, 7) is 1.76. The first-order chi connectivity index (χ1) is 17.4. The van der Waals surface area contributed by atoms with E-state index in [1.807, 2.05) is 0 Å². The predicted molar refractivity (Wildman–Crippen MR) is 133 cm³/mol. The minimum atomic E-state index is -1.90. The zero-order chi connectivity index (χ0) is 25.2. The van der Waals surface area contributed by atoms with E-state index in [1.165, 1.54) is 6.07 Å². The minimum Gasteiger partial charge on any atom is -0.425 e. The van der Waals surface area contributed by atoms with Crippen molar-refractivity contribution in [3.05, 3.63) is 111 Å². The maximum atomic E-state index is 14.3. The number of benzene rings is 3. The van der Waals surface area contributed by atoms with Gasteiger partial charge in [0, 0.05) is 27.5 Å². The van der Waals surface area contributed by atoms with Gasteiger partial charge in [-0.3, -0.25) is 14.4 Å². The Balaban J connectivity index is 1.60. The Morgan fingerprint density at radius 2 is 1.61 bits per heavy atom. The van der Waals surface area contributed by atoms with Gasteiger partial charge in [-0.15, -0.1) is 0 Å². The number of Topliss-reactive ketones (excluding diaryl/α,β-unsaturated/α-hetero) is 2. The van der Waals surface area contributed by atoms with E-state index in [4.69, 9.17) is 20.8 Å². The number of halogens is 1. The Bertz CT molecular complexity index is 1650. The van der Waals surface area contributed by atoms with Crippen molar-refractivity contribution in [2.45, 2.75) is 19.3 Å². The minimum absolute atomic E-state index is 0.174. The van der Waals surface area contributed by atoms with Crippen molar-refractivity contribution in [2.24, 2.45) is 10.8 Å². The molecule has 6 nitrogen and oxygen atoms in total. The molecule has 3 aromatic carbocycles. The van der Waals surface area contributed by atoms with Crippen LogP contribution < -0.4 is 10.4 Å². The van der Waals surface area contributed by atoms with Crippen LogP contribution >= 0.6 is 11.6 Å². The van der Waals surface area contributed by atoms with Crippen LogP contribution in [0.5, 0.6) is 5.75 Å². The van der Waals surface area contributed by atoms with E-state index < -0.39 is 34.1 Å². The van der Waals surface area contributed by atoms with E-state index in [2.05, 4.69) is 0 Å². The largest absolute Gasteiger partial charge is 0.425 e. The van der Waals surface area contributed by atoms with Gasteiger partial charge >= 0.3 is 11.6 Å². The molecule has 1 aromatic heterocycles. The second-order valence-electron chi connectivity index (χ2n) is 9.14. The second-order valence-corrected chi connectivity index (χ2v) is 9.58. The first-order valence-corrected chi connectivity index (χ1v) is 11.9. The molecule has 0 bridgehead atoms. The molecule has 1 fully saturated rings. The first kappa shape index (κ1) is 22.4. The predicted octanol–water partition coefficient (Wildman–Crippen LogP) is 5.61. The topological polar surface area (TPSA) is 90.7 Å². The first-order valence-electron chi connectivity index (χ1n) is 11.6. The summed E-state index contributed by atoms with van der Waals surface area (Å²) in [5.41, 5.74) is -3.27. The van der Waals surface area contributed by atoms with Gasteiger partial charge in [0.15, 0.2) is 17.0 Å². The van der Waals surface area contributed by atoms with Crippen molar-refractivity contribution < 1.29 is 23.5 Å². The molecule has 0 radical (unpaired) electrons. The lowest BCUT2D eigenvalue weighted by atomic mass is 9.79. The van der Waals surface area contributed by atoms with Crippen LogP contribution in [0.3, 0.4) is 0 Å². The van der Waals surface area contributed by atoms with Gasteiger partial charge in [-0.25, -0.2) is 4.79 Å². The number of ketones is 2. The molecule has 1 aliphatic carbocycles. The van der Waals surface area contributed by atoms with Crippen LogP contribution in [0.15, 0.2) is 88.1 Å². The number of ether oxygens (including phenoxy) is 1. The normalized spacial score (nSPS) is 23.9. The lowest BCUT2D eigenvalue weighted by Crippen LogP contribution is -2.41. The fourth-order valence-corrected chi connectivity index (χ4v) is 6.12. The van der Waals surface area contributed by atoms with Crippen molar-refractivity contribution >= 4 is 40.1 Å². The lowest BCUT2D eigenvalue weighted by Gasteiger charge is -2.23. The van der Waals surface area contributed by atoms with Crippen LogP contribution in [0, 0.1) is 10.8 Å². The zero-order valence-corrected chi connectivity index (χ0v) is 19.9. The summed E-state index contributed by atoms with van der Waals surface area (Å²) < 4.78 is 11.1. The number of hydrogen-bond donors (Lipinski definition) is 0. The van der Waals surface area contributed by atoms with Crippen molar-refractivity contribution in [3.63, 3.8) is 0 Å². The van der Waals surface area contributed by atoms with E-state index in [0.29, 0.717) is 32.9 Å². The zero-order valence-electron chi connectivity index (χ0n) is 19.1. The average Bonchev–Trinajstić information content (AvgIpc) is 3.54. The summed E-state index contributed by atoms with van der Waals surface area (Å²) in [4.78, 5) is 55.1. The Morgan fingerprint density at radius 3 is 2.36 bits per heavy atom. The van der Waals surface area contributed by atoms with Crippen LogP contribution in [0.25, 0.3) is 11.0 Å². The standard InChI is InChI=1S/C29H19ClO6/c1-2-28(24(31)16-11-13-18(30)14-12-16)23-19-8-4-6-10-22(19)36-27(34)29(23,28)25(32)20-15-17-7-3-5-9-21(17)35-26(20)33/h3-15,23H,2H2,1H3/t23-,28-,29+/m1/s1. The number of para-hydroxylation sites is 2. The van der Waals surface area contributed by atoms with Gasteiger partial charge in [0.2, 0.25) is 0 Å². The maximum absolute atomic E-state index is 14.3. The summed E-state index contributed by atoms with van der Waals surface area (Å²) in [5, 5.41) is 0.986. The van der Waals surface area contributed by atoms with Gasteiger partial charge in [-0.05, 0) is 48.9 Å². The highest BCUT2D eigenvalue weighted by Gasteiger charge is 2.89. The van der Waals surface area contributed by atoms with Crippen LogP contribution in [-0.2, 0) is 4.79 Å². The SMILES string of the molecule is CC[C@]1(C(=O)c2ccc(Cl)cc2)[C@H]2c3ccccc3OC(=O)[C@@]21C(=O)c1cc2ccccc2oc1=O. The Hall–Kier alpha value is -4.03. The molecule has 0 amide bonds. The number of rotatable bonds is 5. The second kappa shape index (κ2) is 7.73. The van der Waals surface area contributed by atoms with E-state index in [9.17, 15) is 19.2 Å². The fourth-order valence-electron chi connectivity index (χ4n) is 6.00. The summed E-state index contributed by atoms with van der Waals surface area (Å²) in [6.07, 6.45) is 0.174. The average molecular weight is 499 g/mol. The third-order valence-electron chi connectivity index (χ3n) is 7.61. The summed E-state index contributed by atoms with van der Waals surface area (Å²) in [6, 6.07) is 21.4. The summed E-state index contributed by atoms with van der Waals surface area (Å²) >= 11 is 6.03. The monoisotopic (exact) mass is 498 g/mol. The van der Waals surface area contributed by atoms with Gasteiger partial charge in [-0.1, -0.05) is 54.9 Å². The molecule has 4 aromatic rings. The molecule has 0 unspecified atom stereocenters. The smallest absolute Gasteiger partial charge is 0.347 e. The molecule has 36 heavy (non-hydrogen) atoms. The molecule has 0 spiro atoms. The summed E-state index contributed by atoms with van der Waals surface area (Å²) in [5.74, 6) is -2.47. The highest BCUT2D eigenvalue weighted by Crippen LogP contribution is 2.80. The maximum Gasteiger partial charge on any atom is 0.347 e. The van der Waals surface area contributed by atoms with Gasteiger partial charge < -0.3 is 9.15 Å². The van der Waals surface area contributed by atoms with Crippen LogP contribution in [0.4, 0.5) is 0 Å². The quantitative estimate of drug-likeness (QED) is 0.117. The number of hydrogen-bond acceptors (Lipinski definition) is 6. The third kappa shape index (κ3) is 2.73. The molecule has 1 saturated carbocycles. The van der Waals surface area contributed by atoms with Crippen LogP contribution in [-0.4, -0.2) is 17.5 Å². The van der Waals surface area contributed by atoms with E-state index in [0.717, 1.165) is 0 Å². The number of carbonyl (C=O) groups excluding carboxylic acids is 3. The Kier molecular flexibility index (Phi) is 4.82. The highest BCUT2D eigenvalue weighted by atomic mass is 35.5. The van der Waals surface area contributed by atoms with E-state index in [1.54, 1.807) is 79.7 Å². The van der Waals surface area contributed by atoms with Gasteiger partial charge in [0.1, 0.15) is 16.9 Å². The van der Waals surface area contributed by atoms with Crippen molar-refractivity contribution in [3.8, 4) is 5.75 Å². The summed E-state index contributed by atoms with van der Waals surface area (Å²) in [7, 11) is 0. The van der Waals surface area contributed by atoms with Crippen LogP contribution in [0.2, 0.25) is 5.02 Å². The van der Waals surface area contributed by atoms with Crippen molar-refractivity contribution in [1.29, 1.82) is 0 Å². The molecule has 0 saturated heterocycles. The molecule has 178 valence electrons. The Labute approximate surface area is 210 Å². The molecule has 7 heteroatoms. The number of fused-ring (bicyclic) bond motifs is 4. The molecule has 2 heterocycles. The van der Waals surface area contributed by atoms with E-state index >= 15 is 0 Å². The van der Waals surface area contributed by atoms with Gasteiger partial charge in [0.25, 0.3) is 0 Å². The molecule has 1 aliphatic heterocycles. The Morgan fingerprint density at radius 1 is 0.917 bits per heavy atom. The molecule has 6 rings (SSSR count). The van der Waals surface area contributed by atoms with Gasteiger partial charge in [-0.2, -0.15) is 0 Å². The molecular weight excluding hydrogens is 480 g/mol. The van der Waals surface area contributed by atoms with Gasteiger partial charge in [0.05, 0.1) is 5.41 Å². The number of esters is 1. The number of carbonyl (C=O) groups is 3. The molecule has 2 aliphatic rings. The lowest BCUT2D eigenvalue weighted by molar-refractivity contribution is -0.140. The molecule has 0 N–H and O–H groups in total.